The molecule has 1 amide bonds. The highest BCUT2D eigenvalue weighted by Gasteiger charge is 2.33. The molecular formula is C14H19ClN2O3S. The lowest BCUT2D eigenvalue weighted by Gasteiger charge is -2.32. The molecule has 0 bridgehead atoms. The summed E-state index contributed by atoms with van der Waals surface area (Å²) < 4.78 is 26.6. The summed E-state index contributed by atoms with van der Waals surface area (Å²) in [5, 5.41) is 0.494. The number of sulfonamides is 1. The zero-order valence-corrected chi connectivity index (χ0v) is 13.7. The van der Waals surface area contributed by atoms with Gasteiger partial charge in [0.05, 0.1) is 10.8 Å². The van der Waals surface area contributed by atoms with Crippen molar-refractivity contribution in [2.75, 3.05) is 27.2 Å². The van der Waals surface area contributed by atoms with Gasteiger partial charge in [0.15, 0.2) is 0 Å². The van der Waals surface area contributed by atoms with Crippen molar-refractivity contribution in [1.82, 2.24) is 9.21 Å². The van der Waals surface area contributed by atoms with Gasteiger partial charge in [-0.25, -0.2) is 8.42 Å². The van der Waals surface area contributed by atoms with Crippen LogP contribution in [0.1, 0.15) is 12.8 Å². The number of nitrogens with zero attached hydrogens (tertiary/aromatic N) is 2. The van der Waals surface area contributed by atoms with Crippen molar-refractivity contribution >= 4 is 27.5 Å². The number of halogens is 1. The van der Waals surface area contributed by atoms with Gasteiger partial charge in [0.2, 0.25) is 15.9 Å². The Kier molecular flexibility index (Phi) is 4.91. The molecule has 0 radical (unpaired) electrons. The lowest BCUT2D eigenvalue weighted by Crippen LogP contribution is -2.45. The van der Waals surface area contributed by atoms with Crippen LogP contribution in [0.3, 0.4) is 0 Å². The van der Waals surface area contributed by atoms with Crippen LogP contribution in [0.5, 0.6) is 0 Å². The van der Waals surface area contributed by atoms with E-state index >= 15 is 0 Å². The van der Waals surface area contributed by atoms with Crippen molar-refractivity contribution in [2.24, 2.45) is 5.92 Å². The van der Waals surface area contributed by atoms with Crippen LogP contribution in [0.4, 0.5) is 0 Å². The molecule has 1 saturated heterocycles. The highest BCUT2D eigenvalue weighted by molar-refractivity contribution is 7.89. The van der Waals surface area contributed by atoms with Gasteiger partial charge < -0.3 is 4.90 Å². The molecule has 1 aromatic carbocycles. The zero-order valence-electron chi connectivity index (χ0n) is 12.1. The van der Waals surface area contributed by atoms with Crippen molar-refractivity contribution in [3.05, 3.63) is 29.3 Å². The van der Waals surface area contributed by atoms with E-state index in [0.29, 0.717) is 18.0 Å². The number of rotatable bonds is 3. The lowest BCUT2D eigenvalue weighted by atomic mass is 9.98. The molecule has 1 fully saturated rings. The summed E-state index contributed by atoms with van der Waals surface area (Å²) in [5.41, 5.74) is 0. The molecule has 1 heterocycles. The van der Waals surface area contributed by atoms with Gasteiger partial charge in [-0.3, -0.25) is 4.79 Å². The zero-order chi connectivity index (χ0) is 15.6. The standard InChI is InChI=1S/C14H19ClN2O3S/c1-16(2)14(18)11-4-3-9-17(10-11)21(19,20)13-7-5-12(15)6-8-13/h5-8,11H,3-4,9-10H2,1-2H3. The summed E-state index contributed by atoms with van der Waals surface area (Å²) >= 11 is 5.79. The summed E-state index contributed by atoms with van der Waals surface area (Å²) in [6, 6.07) is 6.10. The van der Waals surface area contributed by atoms with Crippen molar-refractivity contribution in [2.45, 2.75) is 17.7 Å². The third kappa shape index (κ3) is 3.56. The van der Waals surface area contributed by atoms with Crippen LogP contribution < -0.4 is 0 Å². The molecule has 21 heavy (non-hydrogen) atoms. The molecule has 7 heteroatoms. The van der Waals surface area contributed by atoms with Crippen molar-refractivity contribution < 1.29 is 13.2 Å². The van der Waals surface area contributed by atoms with Gasteiger partial charge in [-0.2, -0.15) is 4.31 Å². The van der Waals surface area contributed by atoms with Crippen LogP contribution >= 0.6 is 11.6 Å². The van der Waals surface area contributed by atoms with Crippen LogP contribution in [-0.4, -0.2) is 50.7 Å². The van der Waals surface area contributed by atoms with E-state index in [4.69, 9.17) is 11.6 Å². The van der Waals surface area contributed by atoms with E-state index in [1.165, 1.54) is 21.3 Å². The van der Waals surface area contributed by atoms with Crippen LogP contribution in [0.15, 0.2) is 29.2 Å². The van der Waals surface area contributed by atoms with E-state index in [0.717, 1.165) is 6.42 Å². The molecule has 1 aliphatic heterocycles. The second-order valence-corrected chi connectivity index (χ2v) is 7.76. The van der Waals surface area contributed by atoms with Gasteiger partial charge in [-0.1, -0.05) is 11.6 Å². The number of benzene rings is 1. The van der Waals surface area contributed by atoms with Crippen LogP contribution in [-0.2, 0) is 14.8 Å². The van der Waals surface area contributed by atoms with Crippen molar-refractivity contribution in [3.8, 4) is 0 Å². The molecule has 2 rings (SSSR count). The number of hydrogen-bond acceptors (Lipinski definition) is 3. The summed E-state index contributed by atoms with van der Waals surface area (Å²) in [4.78, 5) is 13.8. The Morgan fingerprint density at radius 2 is 1.90 bits per heavy atom. The van der Waals surface area contributed by atoms with Crippen LogP contribution in [0.25, 0.3) is 0 Å². The molecule has 0 spiro atoms. The van der Waals surface area contributed by atoms with E-state index < -0.39 is 10.0 Å². The molecule has 0 N–H and O–H groups in total. The molecule has 0 aromatic heterocycles. The second kappa shape index (κ2) is 6.34. The fourth-order valence-corrected chi connectivity index (χ4v) is 4.13. The molecular weight excluding hydrogens is 312 g/mol. The third-order valence-corrected chi connectivity index (χ3v) is 5.76. The number of carbonyl (C=O) groups is 1. The maximum Gasteiger partial charge on any atom is 0.243 e. The minimum absolute atomic E-state index is 0.0222. The highest BCUT2D eigenvalue weighted by atomic mass is 35.5. The first-order chi connectivity index (χ1) is 9.82. The molecule has 1 unspecified atom stereocenters. The molecule has 5 nitrogen and oxygen atoms in total. The number of amides is 1. The Labute approximate surface area is 130 Å². The minimum Gasteiger partial charge on any atom is -0.349 e. The average Bonchev–Trinajstić information content (AvgIpc) is 2.47. The van der Waals surface area contributed by atoms with Gasteiger partial charge in [0.25, 0.3) is 0 Å². The van der Waals surface area contributed by atoms with Gasteiger partial charge in [-0.05, 0) is 37.1 Å². The molecule has 0 saturated carbocycles. The van der Waals surface area contributed by atoms with E-state index in [1.54, 1.807) is 26.2 Å². The Morgan fingerprint density at radius 1 is 1.29 bits per heavy atom. The van der Waals surface area contributed by atoms with Gasteiger partial charge >= 0.3 is 0 Å². The Bertz CT molecular complexity index is 614. The summed E-state index contributed by atoms with van der Waals surface area (Å²) in [6.07, 6.45) is 1.42. The average molecular weight is 331 g/mol. The summed E-state index contributed by atoms with van der Waals surface area (Å²) in [5.74, 6) is -0.290. The fourth-order valence-electron chi connectivity index (χ4n) is 2.48. The molecule has 1 aromatic rings. The predicted octanol–water partition coefficient (Wildman–Crippen LogP) is 1.83. The monoisotopic (exact) mass is 330 g/mol. The number of hydrogen-bond donors (Lipinski definition) is 0. The van der Waals surface area contributed by atoms with Crippen molar-refractivity contribution in [1.29, 1.82) is 0 Å². The SMILES string of the molecule is CN(C)C(=O)C1CCCN(S(=O)(=O)c2ccc(Cl)cc2)C1. The van der Waals surface area contributed by atoms with Gasteiger partial charge in [-0.15, -0.1) is 0 Å². The first-order valence-electron chi connectivity index (χ1n) is 6.79. The minimum atomic E-state index is -3.57. The third-order valence-electron chi connectivity index (χ3n) is 3.63. The molecule has 1 atom stereocenters. The number of piperidine rings is 1. The van der Waals surface area contributed by atoms with E-state index in [1.807, 2.05) is 0 Å². The van der Waals surface area contributed by atoms with Crippen molar-refractivity contribution in [3.63, 3.8) is 0 Å². The Morgan fingerprint density at radius 3 is 2.48 bits per heavy atom. The van der Waals surface area contributed by atoms with Gasteiger partial charge in [0.1, 0.15) is 0 Å². The first-order valence-corrected chi connectivity index (χ1v) is 8.61. The number of carbonyl (C=O) groups excluding carboxylic acids is 1. The fraction of sp³-hybridized carbons (Fsp3) is 0.500. The van der Waals surface area contributed by atoms with E-state index in [9.17, 15) is 13.2 Å². The molecule has 1 aliphatic rings. The highest BCUT2D eigenvalue weighted by Crippen LogP contribution is 2.25. The van der Waals surface area contributed by atoms with E-state index in [-0.39, 0.29) is 23.3 Å². The van der Waals surface area contributed by atoms with Crippen LogP contribution in [0.2, 0.25) is 5.02 Å². The lowest BCUT2D eigenvalue weighted by molar-refractivity contribution is -0.134. The second-order valence-electron chi connectivity index (χ2n) is 5.39. The topological polar surface area (TPSA) is 57.7 Å². The first kappa shape index (κ1) is 16.3. The van der Waals surface area contributed by atoms with E-state index in [2.05, 4.69) is 0 Å². The maximum absolute atomic E-state index is 12.6. The molecule has 116 valence electrons. The largest absolute Gasteiger partial charge is 0.349 e. The van der Waals surface area contributed by atoms with Crippen LogP contribution in [0, 0.1) is 5.92 Å². The quantitative estimate of drug-likeness (QED) is 0.849. The normalized spacial score (nSPS) is 20.2. The smallest absolute Gasteiger partial charge is 0.243 e. The molecule has 0 aliphatic carbocycles. The summed E-state index contributed by atoms with van der Waals surface area (Å²) in [7, 11) is -0.188. The predicted molar refractivity (Wildman–Crippen MR) is 81.6 cm³/mol. The Hall–Kier alpha value is -1.11. The Balaban J connectivity index is 2.20. The van der Waals surface area contributed by atoms with Gasteiger partial charge in [0, 0.05) is 32.2 Å². The maximum atomic E-state index is 12.6. The summed E-state index contributed by atoms with van der Waals surface area (Å²) in [6.45, 7) is 0.685.